The van der Waals surface area contributed by atoms with Gasteiger partial charge < -0.3 is 4.72 Å². The maximum absolute atomic E-state index is 11.3. The minimum atomic E-state index is -0.952. The van der Waals surface area contributed by atoms with E-state index in [9.17, 15) is 4.21 Å². The van der Waals surface area contributed by atoms with Gasteiger partial charge in [-0.3, -0.25) is 4.98 Å². The van der Waals surface area contributed by atoms with E-state index in [2.05, 4.69) is 15.8 Å². The van der Waals surface area contributed by atoms with E-state index in [0.29, 0.717) is 5.08 Å². The van der Waals surface area contributed by atoms with Crippen LogP contribution in [0.3, 0.4) is 0 Å². The molecule has 1 aliphatic rings. The molecule has 0 radical (unpaired) electrons. The average molecular weight is 262 g/mol. The molecule has 0 aliphatic carbocycles. The summed E-state index contributed by atoms with van der Waals surface area (Å²) in [5, 5.41) is 0.601. The summed E-state index contributed by atoms with van der Waals surface area (Å²) in [6.07, 6.45) is 3.61. The fourth-order valence-corrected chi connectivity index (χ4v) is 3.85. The fourth-order valence-electron chi connectivity index (χ4n) is 1.71. The van der Waals surface area contributed by atoms with E-state index in [4.69, 9.17) is 0 Å². The Morgan fingerprint density at radius 2 is 2.24 bits per heavy atom. The predicted molar refractivity (Wildman–Crippen MR) is 72.2 cm³/mol. The Labute approximate surface area is 106 Å². The van der Waals surface area contributed by atoms with Crippen molar-refractivity contribution in [2.75, 3.05) is 9.81 Å². The Hall–Kier alpha value is -1.33. The monoisotopic (exact) mass is 262 g/mol. The zero-order chi connectivity index (χ0) is 11.7. The molecular formula is C12H10N2OS2. The number of fused-ring (bicyclic) bond motifs is 1. The number of nitrogens with one attached hydrogen (secondary N) is 1. The molecule has 0 amide bonds. The summed E-state index contributed by atoms with van der Waals surface area (Å²) in [4.78, 5) is 5.26. The number of hydrogen-bond acceptors (Lipinski definition) is 3. The third-order valence-electron chi connectivity index (χ3n) is 2.52. The van der Waals surface area contributed by atoms with Crippen LogP contribution >= 0.6 is 11.8 Å². The van der Waals surface area contributed by atoms with Gasteiger partial charge in [0.25, 0.3) is 0 Å². The smallest absolute Gasteiger partial charge is 0.127 e. The highest BCUT2D eigenvalue weighted by atomic mass is 32.2. The number of aromatic nitrogens is 1. The van der Waals surface area contributed by atoms with E-state index in [0.717, 1.165) is 21.7 Å². The van der Waals surface area contributed by atoms with Crippen molar-refractivity contribution in [3.63, 3.8) is 0 Å². The van der Waals surface area contributed by atoms with Crippen LogP contribution in [-0.4, -0.2) is 14.3 Å². The summed E-state index contributed by atoms with van der Waals surface area (Å²) in [6, 6.07) is 10.1. The van der Waals surface area contributed by atoms with Gasteiger partial charge in [0.05, 0.1) is 10.8 Å². The van der Waals surface area contributed by atoms with Gasteiger partial charge in [0.2, 0.25) is 0 Å². The third-order valence-corrected chi connectivity index (χ3v) is 4.95. The van der Waals surface area contributed by atoms with Crippen molar-refractivity contribution in [2.24, 2.45) is 0 Å². The Bertz CT molecular complexity index is 572. The molecule has 1 N–H and O–H groups in total. The van der Waals surface area contributed by atoms with Crippen LogP contribution in [0, 0.1) is 0 Å². The van der Waals surface area contributed by atoms with Crippen LogP contribution in [0.1, 0.15) is 0 Å². The first-order valence-corrected chi connectivity index (χ1v) is 7.46. The lowest BCUT2D eigenvalue weighted by Gasteiger charge is -2.17. The average Bonchev–Trinajstić information content (AvgIpc) is 2.39. The predicted octanol–water partition coefficient (Wildman–Crippen LogP) is 2.89. The first kappa shape index (κ1) is 10.8. The molecule has 5 heteroatoms. The van der Waals surface area contributed by atoms with Gasteiger partial charge in [-0.15, -0.1) is 11.8 Å². The van der Waals surface area contributed by atoms with Crippen LogP contribution < -0.4 is 4.72 Å². The topological polar surface area (TPSA) is 42.0 Å². The number of hydrogen-bond donors (Lipinski definition) is 1. The molecule has 0 bridgehead atoms. The van der Waals surface area contributed by atoms with Crippen molar-refractivity contribution in [3.05, 3.63) is 42.7 Å². The van der Waals surface area contributed by atoms with Gasteiger partial charge in [0, 0.05) is 22.9 Å². The molecule has 1 aromatic heterocycles. The second-order valence-electron chi connectivity index (χ2n) is 3.66. The Kier molecular flexibility index (Phi) is 2.86. The molecule has 86 valence electrons. The maximum Gasteiger partial charge on any atom is 0.127 e. The highest BCUT2D eigenvalue weighted by Crippen LogP contribution is 2.35. The number of thioether (sulfide) groups is 1. The molecule has 0 saturated heterocycles. The van der Waals surface area contributed by atoms with Gasteiger partial charge in [-0.2, -0.15) is 0 Å². The van der Waals surface area contributed by atoms with Crippen molar-refractivity contribution in [1.82, 2.24) is 4.98 Å². The number of nitrogens with zero attached hydrogens (tertiary/aromatic N) is 1. The molecule has 1 aromatic carbocycles. The van der Waals surface area contributed by atoms with Crippen molar-refractivity contribution in [3.8, 4) is 11.1 Å². The molecule has 3 rings (SSSR count). The van der Waals surface area contributed by atoms with Crippen molar-refractivity contribution >= 4 is 28.4 Å². The van der Waals surface area contributed by atoms with Gasteiger partial charge in [-0.1, -0.05) is 12.1 Å². The third kappa shape index (κ3) is 2.21. The molecule has 0 spiro atoms. The maximum atomic E-state index is 11.3. The van der Waals surface area contributed by atoms with Crippen molar-refractivity contribution in [1.29, 1.82) is 0 Å². The SMILES string of the molecule is O=S1CSc2cc(-c3cccnc3)ccc2N1. The first-order chi connectivity index (χ1) is 8.33. The molecule has 2 aromatic rings. The number of anilines is 1. The van der Waals surface area contributed by atoms with Crippen LogP contribution in [0.25, 0.3) is 11.1 Å². The van der Waals surface area contributed by atoms with Gasteiger partial charge in [-0.25, -0.2) is 4.21 Å². The van der Waals surface area contributed by atoms with Crippen LogP contribution in [0.15, 0.2) is 47.6 Å². The fraction of sp³-hybridized carbons (Fsp3) is 0.0833. The van der Waals surface area contributed by atoms with Gasteiger partial charge in [-0.05, 0) is 23.8 Å². The Morgan fingerprint density at radius 1 is 1.29 bits per heavy atom. The highest BCUT2D eigenvalue weighted by molar-refractivity contribution is 8.11. The number of pyridine rings is 1. The highest BCUT2D eigenvalue weighted by Gasteiger charge is 2.14. The number of rotatable bonds is 1. The van der Waals surface area contributed by atoms with Crippen LogP contribution in [0.5, 0.6) is 0 Å². The lowest BCUT2D eigenvalue weighted by Crippen LogP contribution is -2.11. The minimum absolute atomic E-state index is 0.601. The Morgan fingerprint density at radius 3 is 3.06 bits per heavy atom. The molecule has 0 fully saturated rings. The lowest BCUT2D eigenvalue weighted by atomic mass is 10.1. The van der Waals surface area contributed by atoms with Crippen LogP contribution in [0.4, 0.5) is 5.69 Å². The molecule has 1 aliphatic heterocycles. The molecule has 1 atom stereocenters. The zero-order valence-electron chi connectivity index (χ0n) is 8.92. The van der Waals surface area contributed by atoms with E-state index >= 15 is 0 Å². The summed E-state index contributed by atoms with van der Waals surface area (Å²) in [5.41, 5.74) is 3.19. The minimum Gasteiger partial charge on any atom is -0.303 e. The zero-order valence-corrected chi connectivity index (χ0v) is 10.6. The quantitative estimate of drug-likeness (QED) is 0.859. The van der Waals surface area contributed by atoms with E-state index in [1.54, 1.807) is 18.0 Å². The van der Waals surface area contributed by atoms with Crippen LogP contribution in [0.2, 0.25) is 0 Å². The molecule has 3 nitrogen and oxygen atoms in total. The lowest BCUT2D eigenvalue weighted by molar-refractivity contribution is 0.689. The number of benzene rings is 1. The summed E-state index contributed by atoms with van der Waals surface area (Å²) < 4.78 is 14.3. The van der Waals surface area contributed by atoms with Crippen molar-refractivity contribution < 1.29 is 4.21 Å². The molecule has 2 heterocycles. The summed E-state index contributed by atoms with van der Waals surface area (Å²) in [6.45, 7) is 0. The summed E-state index contributed by atoms with van der Waals surface area (Å²) in [7, 11) is -0.952. The largest absolute Gasteiger partial charge is 0.303 e. The molecular weight excluding hydrogens is 252 g/mol. The van der Waals surface area contributed by atoms with Gasteiger partial charge in [0.1, 0.15) is 11.0 Å². The molecule has 17 heavy (non-hydrogen) atoms. The van der Waals surface area contributed by atoms with E-state index in [1.165, 1.54) is 0 Å². The molecule has 0 saturated carbocycles. The van der Waals surface area contributed by atoms with Gasteiger partial charge >= 0.3 is 0 Å². The normalized spacial score (nSPS) is 18.2. The van der Waals surface area contributed by atoms with E-state index < -0.39 is 11.0 Å². The van der Waals surface area contributed by atoms with E-state index in [-0.39, 0.29) is 0 Å². The summed E-state index contributed by atoms with van der Waals surface area (Å²) in [5.74, 6) is 0. The van der Waals surface area contributed by atoms with E-state index in [1.807, 2.05) is 30.5 Å². The molecule has 1 unspecified atom stereocenters. The standard InChI is InChI=1S/C12H10N2OS2/c15-17-8-16-12-6-9(3-4-11(12)14-17)10-2-1-5-13-7-10/h1-7,14H,8H2. The Balaban J connectivity index is 2.02. The second kappa shape index (κ2) is 4.50. The second-order valence-corrected chi connectivity index (χ2v) is 6.23. The van der Waals surface area contributed by atoms with Crippen LogP contribution in [-0.2, 0) is 11.0 Å². The summed E-state index contributed by atoms with van der Waals surface area (Å²) >= 11 is 1.62. The first-order valence-electron chi connectivity index (χ1n) is 5.15. The van der Waals surface area contributed by atoms with Crippen molar-refractivity contribution in [2.45, 2.75) is 4.90 Å². The van der Waals surface area contributed by atoms with Gasteiger partial charge in [0.15, 0.2) is 0 Å².